The first kappa shape index (κ1) is 17.1. The van der Waals surface area contributed by atoms with Gasteiger partial charge in [0.25, 0.3) is 5.56 Å². The summed E-state index contributed by atoms with van der Waals surface area (Å²) in [6.45, 7) is -0.286. The van der Waals surface area contributed by atoms with Crippen molar-refractivity contribution < 1.29 is 19.0 Å². The molecule has 0 bridgehead atoms. The number of pyridine rings is 1. The standard InChI is InChI=1S/C16H15BrF2N2O3/c17-8-3-4-10(9(18)6-8)20-15-13(12(23)7-22)11-2-1-5-21(11)16(24)14(15)19/h3-4,6,12,20,22-23H,1-2,5,7H2. The van der Waals surface area contributed by atoms with Gasteiger partial charge in [-0.15, -0.1) is 0 Å². The number of hydrogen-bond acceptors (Lipinski definition) is 4. The van der Waals surface area contributed by atoms with E-state index in [9.17, 15) is 23.8 Å². The van der Waals surface area contributed by atoms with Crippen molar-refractivity contribution in [1.82, 2.24) is 4.57 Å². The molecular weight excluding hydrogens is 386 g/mol. The fraction of sp³-hybridized carbons (Fsp3) is 0.312. The summed E-state index contributed by atoms with van der Waals surface area (Å²) in [5.74, 6) is -1.75. The summed E-state index contributed by atoms with van der Waals surface area (Å²) in [6.07, 6.45) is -0.268. The summed E-state index contributed by atoms with van der Waals surface area (Å²) in [5, 5.41) is 22.0. The van der Waals surface area contributed by atoms with Gasteiger partial charge in [-0.25, -0.2) is 4.39 Å². The summed E-state index contributed by atoms with van der Waals surface area (Å²) in [5.41, 5.74) is -0.601. The Labute approximate surface area is 144 Å². The number of halogens is 3. The van der Waals surface area contributed by atoms with Gasteiger partial charge in [0, 0.05) is 22.3 Å². The second-order valence-corrected chi connectivity index (χ2v) is 6.47. The van der Waals surface area contributed by atoms with Crippen LogP contribution in [-0.2, 0) is 13.0 Å². The van der Waals surface area contributed by atoms with Crippen LogP contribution < -0.4 is 10.9 Å². The monoisotopic (exact) mass is 400 g/mol. The van der Waals surface area contributed by atoms with E-state index in [0.717, 1.165) is 0 Å². The first-order valence-electron chi connectivity index (χ1n) is 7.40. The number of benzene rings is 1. The minimum Gasteiger partial charge on any atom is -0.393 e. The number of hydrogen-bond donors (Lipinski definition) is 3. The van der Waals surface area contributed by atoms with E-state index in [1.54, 1.807) is 6.07 Å². The van der Waals surface area contributed by atoms with E-state index in [4.69, 9.17) is 0 Å². The number of rotatable bonds is 4. The third kappa shape index (κ3) is 2.85. The van der Waals surface area contributed by atoms with Gasteiger partial charge >= 0.3 is 0 Å². The number of aliphatic hydroxyl groups is 2. The van der Waals surface area contributed by atoms with Crippen LogP contribution in [0.2, 0.25) is 0 Å². The van der Waals surface area contributed by atoms with Crippen molar-refractivity contribution in [3.05, 3.63) is 55.9 Å². The predicted molar refractivity (Wildman–Crippen MR) is 88.4 cm³/mol. The molecule has 0 amide bonds. The molecule has 24 heavy (non-hydrogen) atoms. The Morgan fingerprint density at radius 3 is 2.79 bits per heavy atom. The van der Waals surface area contributed by atoms with E-state index >= 15 is 0 Å². The highest BCUT2D eigenvalue weighted by atomic mass is 79.9. The Bertz CT molecular complexity index is 854. The minimum atomic E-state index is -1.37. The van der Waals surface area contributed by atoms with Crippen molar-refractivity contribution in [3.8, 4) is 0 Å². The molecule has 128 valence electrons. The van der Waals surface area contributed by atoms with E-state index in [1.165, 1.54) is 16.7 Å². The first-order chi connectivity index (χ1) is 11.4. The number of nitrogens with one attached hydrogen (secondary N) is 1. The van der Waals surface area contributed by atoms with Gasteiger partial charge in [0.05, 0.1) is 18.0 Å². The molecule has 3 rings (SSSR count). The highest BCUT2D eigenvalue weighted by molar-refractivity contribution is 9.10. The molecule has 1 aliphatic heterocycles. The quantitative estimate of drug-likeness (QED) is 0.737. The number of nitrogens with zero attached hydrogens (tertiary/aromatic N) is 1. The SMILES string of the molecule is O=c1c(F)c(Nc2ccc(Br)cc2F)c(C(O)CO)c2n1CCC2. The highest BCUT2D eigenvalue weighted by Crippen LogP contribution is 2.34. The fourth-order valence-corrected chi connectivity index (χ4v) is 3.30. The Morgan fingerprint density at radius 2 is 2.12 bits per heavy atom. The molecule has 2 aromatic rings. The normalized spacial score (nSPS) is 14.5. The van der Waals surface area contributed by atoms with Gasteiger partial charge in [-0.2, -0.15) is 4.39 Å². The zero-order valence-corrected chi connectivity index (χ0v) is 14.1. The second kappa shape index (κ2) is 6.62. The summed E-state index contributed by atoms with van der Waals surface area (Å²) in [4.78, 5) is 12.2. The van der Waals surface area contributed by atoms with Crippen LogP contribution >= 0.6 is 15.9 Å². The lowest BCUT2D eigenvalue weighted by molar-refractivity contribution is 0.0947. The molecule has 3 N–H and O–H groups in total. The van der Waals surface area contributed by atoms with Gasteiger partial charge in [0.15, 0.2) is 0 Å². The van der Waals surface area contributed by atoms with E-state index in [2.05, 4.69) is 21.2 Å². The van der Waals surface area contributed by atoms with Crippen molar-refractivity contribution in [2.45, 2.75) is 25.5 Å². The Kier molecular flexibility index (Phi) is 4.71. The van der Waals surface area contributed by atoms with Crippen LogP contribution in [0.25, 0.3) is 0 Å². The van der Waals surface area contributed by atoms with Gasteiger partial charge in [0.1, 0.15) is 11.9 Å². The molecular formula is C16H15BrF2N2O3. The molecule has 2 heterocycles. The number of anilines is 2. The molecule has 0 spiro atoms. The van der Waals surface area contributed by atoms with Gasteiger partial charge in [-0.1, -0.05) is 15.9 Å². The molecule has 8 heteroatoms. The van der Waals surface area contributed by atoms with Crippen LogP contribution in [0.3, 0.4) is 0 Å². The molecule has 1 aliphatic rings. The Hall–Kier alpha value is -1.77. The fourth-order valence-electron chi connectivity index (χ4n) is 2.96. The average molecular weight is 401 g/mol. The number of aromatic nitrogens is 1. The molecule has 5 nitrogen and oxygen atoms in total. The van der Waals surface area contributed by atoms with E-state index in [0.29, 0.717) is 29.6 Å². The topological polar surface area (TPSA) is 74.5 Å². The van der Waals surface area contributed by atoms with Gasteiger partial charge in [-0.3, -0.25) is 4.79 Å². The van der Waals surface area contributed by atoms with Crippen LogP contribution in [0, 0.1) is 11.6 Å². The molecule has 1 aromatic heterocycles. The molecule has 1 aromatic carbocycles. The van der Waals surface area contributed by atoms with Gasteiger partial charge in [-0.05, 0) is 31.0 Å². The average Bonchev–Trinajstić information content (AvgIpc) is 3.03. The van der Waals surface area contributed by atoms with E-state index in [1.807, 2.05) is 0 Å². The lowest BCUT2D eigenvalue weighted by Crippen LogP contribution is -2.27. The maximum Gasteiger partial charge on any atom is 0.288 e. The van der Waals surface area contributed by atoms with Crippen LogP contribution in [0.5, 0.6) is 0 Å². The van der Waals surface area contributed by atoms with Crippen molar-refractivity contribution in [1.29, 1.82) is 0 Å². The summed E-state index contributed by atoms with van der Waals surface area (Å²) in [7, 11) is 0. The van der Waals surface area contributed by atoms with Crippen molar-refractivity contribution in [3.63, 3.8) is 0 Å². The summed E-state index contributed by atoms with van der Waals surface area (Å²) >= 11 is 3.13. The molecule has 0 fully saturated rings. The second-order valence-electron chi connectivity index (χ2n) is 5.56. The van der Waals surface area contributed by atoms with Crippen LogP contribution in [-0.4, -0.2) is 21.4 Å². The Balaban J connectivity index is 2.19. The summed E-state index contributed by atoms with van der Waals surface area (Å²) < 4.78 is 30.4. The van der Waals surface area contributed by atoms with E-state index < -0.39 is 29.9 Å². The van der Waals surface area contributed by atoms with Crippen LogP contribution in [0.15, 0.2) is 27.5 Å². The zero-order chi connectivity index (χ0) is 17.4. The largest absolute Gasteiger partial charge is 0.393 e. The van der Waals surface area contributed by atoms with Crippen molar-refractivity contribution in [2.75, 3.05) is 11.9 Å². The molecule has 0 saturated carbocycles. The lowest BCUT2D eigenvalue weighted by Gasteiger charge is -2.20. The van der Waals surface area contributed by atoms with Crippen LogP contribution in [0.4, 0.5) is 20.2 Å². The third-order valence-corrected chi connectivity index (χ3v) is 4.54. The van der Waals surface area contributed by atoms with Gasteiger partial charge in [0.2, 0.25) is 5.82 Å². The summed E-state index contributed by atoms with van der Waals surface area (Å²) in [6, 6.07) is 4.15. The predicted octanol–water partition coefficient (Wildman–Crippen LogP) is 2.60. The van der Waals surface area contributed by atoms with Crippen LogP contribution in [0.1, 0.15) is 23.8 Å². The van der Waals surface area contributed by atoms with E-state index in [-0.39, 0.29) is 16.9 Å². The van der Waals surface area contributed by atoms with Crippen molar-refractivity contribution >= 4 is 27.3 Å². The molecule has 0 aliphatic carbocycles. The molecule has 0 saturated heterocycles. The van der Waals surface area contributed by atoms with Crippen molar-refractivity contribution in [2.24, 2.45) is 0 Å². The maximum atomic E-state index is 14.6. The molecule has 1 atom stereocenters. The smallest absolute Gasteiger partial charge is 0.288 e. The maximum absolute atomic E-state index is 14.6. The molecule has 0 radical (unpaired) electrons. The first-order valence-corrected chi connectivity index (χ1v) is 8.19. The zero-order valence-electron chi connectivity index (χ0n) is 12.5. The third-order valence-electron chi connectivity index (χ3n) is 4.05. The highest BCUT2D eigenvalue weighted by Gasteiger charge is 2.28. The minimum absolute atomic E-state index is 0.0363. The molecule has 1 unspecified atom stereocenters. The number of fused-ring (bicyclic) bond motifs is 1. The Morgan fingerprint density at radius 1 is 1.38 bits per heavy atom. The van der Waals surface area contributed by atoms with Gasteiger partial charge < -0.3 is 20.1 Å². The number of aliphatic hydroxyl groups excluding tert-OH is 2. The lowest BCUT2D eigenvalue weighted by atomic mass is 10.0.